The van der Waals surface area contributed by atoms with Gasteiger partial charge in [-0.1, -0.05) is 36.8 Å². The summed E-state index contributed by atoms with van der Waals surface area (Å²) >= 11 is 0. The second kappa shape index (κ2) is 7.29. The molecule has 0 heterocycles. The van der Waals surface area contributed by atoms with Crippen molar-refractivity contribution in [3.8, 4) is 0 Å². The highest BCUT2D eigenvalue weighted by atomic mass is 16.3. The van der Waals surface area contributed by atoms with Crippen molar-refractivity contribution in [1.82, 2.24) is 5.32 Å². The molecule has 3 nitrogen and oxygen atoms in total. The van der Waals surface area contributed by atoms with E-state index in [0.717, 1.165) is 32.1 Å². The summed E-state index contributed by atoms with van der Waals surface area (Å²) in [5.41, 5.74) is 1.28. The van der Waals surface area contributed by atoms with Gasteiger partial charge in [-0.15, -0.1) is 0 Å². The second-order valence-electron chi connectivity index (χ2n) is 5.40. The maximum atomic E-state index is 11.7. The smallest absolute Gasteiger partial charge is 0.220 e. The van der Waals surface area contributed by atoms with Crippen LogP contribution in [-0.2, 0) is 11.2 Å². The van der Waals surface area contributed by atoms with Gasteiger partial charge in [-0.05, 0) is 31.2 Å². The summed E-state index contributed by atoms with van der Waals surface area (Å²) in [7, 11) is 0. The van der Waals surface area contributed by atoms with Crippen LogP contribution in [-0.4, -0.2) is 23.7 Å². The van der Waals surface area contributed by atoms with Crippen LogP contribution in [0, 0.1) is 5.92 Å². The van der Waals surface area contributed by atoms with Gasteiger partial charge in [0.15, 0.2) is 0 Å². The van der Waals surface area contributed by atoms with E-state index in [9.17, 15) is 9.90 Å². The Balaban J connectivity index is 1.59. The molecule has 1 amide bonds. The lowest BCUT2D eigenvalue weighted by atomic mass is 10.1. The molecule has 3 heteroatoms. The Morgan fingerprint density at radius 3 is 2.74 bits per heavy atom. The number of aryl methyl sites for hydroxylation is 1. The molecule has 0 saturated heterocycles. The number of hydrogen-bond donors (Lipinski definition) is 2. The zero-order valence-corrected chi connectivity index (χ0v) is 11.3. The highest BCUT2D eigenvalue weighted by molar-refractivity contribution is 5.75. The lowest BCUT2D eigenvalue weighted by Crippen LogP contribution is -2.32. The minimum absolute atomic E-state index is 0.107. The summed E-state index contributed by atoms with van der Waals surface area (Å²) in [5.74, 6) is 0.369. The summed E-state index contributed by atoms with van der Waals surface area (Å²) in [4.78, 5) is 11.7. The first kappa shape index (κ1) is 14.1. The molecular weight excluding hydrogens is 238 g/mol. The van der Waals surface area contributed by atoms with Gasteiger partial charge in [-0.25, -0.2) is 0 Å². The molecule has 19 heavy (non-hydrogen) atoms. The standard InChI is InChI=1S/C16H23NO2/c18-15-10-5-9-14(15)12-17-16(19)11-4-8-13-6-2-1-3-7-13/h1-3,6-7,14-15,18H,4-5,8-12H2,(H,17,19)/t14-,15-/m1/s1. The number of carbonyl (C=O) groups is 1. The van der Waals surface area contributed by atoms with Gasteiger partial charge in [-0.2, -0.15) is 0 Å². The SMILES string of the molecule is O=C(CCCc1ccccc1)NC[C@H]1CCC[C@H]1O. The van der Waals surface area contributed by atoms with Gasteiger partial charge in [0.25, 0.3) is 0 Å². The highest BCUT2D eigenvalue weighted by Gasteiger charge is 2.25. The van der Waals surface area contributed by atoms with E-state index >= 15 is 0 Å². The zero-order chi connectivity index (χ0) is 13.5. The molecule has 0 spiro atoms. The quantitative estimate of drug-likeness (QED) is 0.825. The van der Waals surface area contributed by atoms with E-state index in [2.05, 4.69) is 17.4 Å². The molecule has 0 bridgehead atoms. The Morgan fingerprint density at radius 1 is 1.26 bits per heavy atom. The number of aliphatic hydroxyl groups is 1. The first-order chi connectivity index (χ1) is 9.25. The minimum Gasteiger partial charge on any atom is -0.393 e. The second-order valence-corrected chi connectivity index (χ2v) is 5.40. The summed E-state index contributed by atoms with van der Waals surface area (Å²) < 4.78 is 0. The predicted molar refractivity (Wildman–Crippen MR) is 75.7 cm³/mol. The largest absolute Gasteiger partial charge is 0.393 e. The van der Waals surface area contributed by atoms with Crippen LogP contribution >= 0.6 is 0 Å². The van der Waals surface area contributed by atoms with Crippen LogP contribution in [0.3, 0.4) is 0 Å². The molecule has 1 aliphatic rings. The van der Waals surface area contributed by atoms with Crippen molar-refractivity contribution in [3.63, 3.8) is 0 Å². The van der Waals surface area contributed by atoms with Crippen molar-refractivity contribution >= 4 is 5.91 Å². The van der Waals surface area contributed by atoms with Crippen LogP contribution in [0.15, 0.2) is 30.3 Å². The molecule has 0 unspecified atom stereocenters. The number of benzene rings is 1. The molecule has 2 atom stereocenters. The zero-order valence-electron chi connectivity index (χ0n) is 11.3. The van der Waals surface area contributed by atoms with Crippen LogP contribution in [0.2, 0.25) is 0 Å². The number of nitrogens with one attached hydrogen (secondary N) is 1. The van der Waals surface area contributed by atoms with Gasteiger partial charge < -0.3 is 10.4 Å². The maximum absolute atomic E-state index is 11.7. The molecule has 1 saturated carbocycles. The van der Waals surface area contributed by atoms with E-state index in [1.807, 2.05) is 18.2 Å². The van der Waals surface area contributed by atoms with Crippen LogP contribution < -0.4 is 5.32 Å². The lowest BCUT2D eigenvalue weighted by Gasteiger charge is -2.14. The first-order valence-electron chi connectivity index (χ1n) is 7.24. The minimum atomic E-state index is -0.218. The monoisotopic (exact) mass is 261 g/mol. The van der Waals surface area contributed by atoms with Gasteiger partial charge in [0.1, 0.15) is 0 Å². The molecule has 1 fully saturated rings. The Kier molecular flexibility index (Phi) is 5.40. The number of aliphatic hydroxyl groups excluding tert-OH is 1. The van der Waals surface area contributed by atoms with Crippen molar-refractivity contribution in [2.75, 3.05) is 6.54 Å². The van der Waals surface area contributed by atoms with Gasteiger partial charge in [0, 0.05) is 18.9 Å². The van der Waals surface area contributed by atoms with E-state index in [1.54, 1.807) is 0 Å². The fourth-order valence-electron chi connectivity index (χ4n) is 2.69. The summed E-state index contributed by atoms with van der Waals surface area (Å²) in [6, 6.07) is 10.2. The molecular formula is C16H23NO2. The van der Waals surface area contributed by atoms with E-state index in [-0.39, 0.29) is 17.9 Å². The third kappa shape index (κ3) is 4.67. The Bertz CT molecular complexity index is 391. The Morgan fingerprint density at radius 2 is 2.05 bits per heavy atom. The molecule has 0 radical (unpaired) electrons. The fourth-order valence-corrected chi connectivity index (χ4v) is 2.69. The third-order valence-corrected chi connectivity index (χ3v) is 3.89. The van der Waals surface area contributed by atoms with Gasteiger partial charge in [0.2, 0.25) is 5.91 Å². The Hall–Kier alpha value is -1.35. The van der Waals surface area contributed by atoms with Crippen LogP contribution in [0.4, 0.5) is 0 Å². The topological polar surface area (TPSA) is 49.3 Å². The maximum Gasteiger partial charge on any atom is 0.220 e. The summed E-state index contributed by atoms with van der Waals surface area (Å²) in [6.07, 6.45) is 5.17. The lowest BCUT2D eigenvalue weighted by molar-refractivity contribution is -0.121. The molecule has 1 aliphatic carbocycles. The average Bonchev–Trinajstić information content (AvgIpc) is 2.83. The molecule has 2 N–H and O–H groups in total. The number of amides is 1. The van der Waals surface area contributed by atoms with Gasteiger partial charge in [-0.3, -0.25) is 4.79 Å². The van der Waals surface area contributed by atoms with Gasteiger partial charge >= 0.3 is 0 Å². The van der Waals surface area contributed by atoms with Crippen LogP contribution in [0.1, 0.15) is 37.7 Å². The molecule has 0 aromatic heterocycles. The molecule has 2 rings (SSSR count). The van der Waals surface area contributed by atoms with Gasteiger partial charge in [0.05, 0.1) is 6.10 Å². The first-order valence-corrected chi connectivity index (χ1v) is 7.24. The average molecular weight is 261 g/mol. The van der Waals surface area contributed by atoms with E-state index in [0.29, 0.717) is 13.0 Å². The summed E-state index contributed by atoms with van der Waals surface area (Å²) in [5, 5.41) is 12.6. The fraction of sp³-hybridized carbons (Fsp3) is 0.562. The summed E-state index contributed by atoms with van der Waals surface area (Å²) in [6.45, 7) is 0.630. The van der Waals surface area contributed by atoms with E-state index in [1.165, 1.54) is 5.56 Å². The van der Waals surface area contributed by atoms with Crippen molar-refractivity contribution < 1.29 is 9.90 Å². The molecule has 1 aromatic rings. The van der Waals surface area contributed by atoms with Crippen LogP contribution in [0.5, 0.6) is 0 Å². The Labute approximate surface area is 115 Å². The van der Waals surface area contributed by atoms with E-state index in [4.69, 9.17) is 0 Å². The predicted octanol–water partition coefficient (Wildman–Crippen LogP) is 2.29. The number of rotatable bonds is 6. The molecule has 0 aliphatic heterocycles. The number of hydrogen-bond acceptors (Lipinski definition) is 2. The van der Waals surface area contributed by atoms with Crippen molar-refractivity contribution in [3.05, 3.63) is 35.9 Å². The third-order valence-electron chi connectivity index (χ3n) is 3.89. The van der Waals surface area contributed by atoms with Crippen molar-refractivity contribution in [2.45, 2.75) is 44.6 Å². The molecule has 104 valence electrons. The molecule has 1 aromatic carbocycles. The number of carbonyl (C=O) groups excluding carboxylic acids is 1. The van der Waals surface area contributed by atoms with Crippen LogP contribution in [0.25, 0.3) is 0 Å². The van der Waals surface area contributed by atoms with Crippen molar-refractivity contribution in [1.29, 1.82) is 0 Å². The normalized spacial score (nSPS) is 22.4. The van der Waals surface area contributed by atoms with E-state index < -0.39 is 0 Å². The van der Waals surface area contributed by atoms with Crippen molar-refractivity contribution in [2.24, 2.45) is 5.92 Å². The highest BCUT2D eigenvalue weighted by Crippen LogP contribution is 2.24.